The van der Waals surface area contributed by atoms with Gasteiger partial charge in [0.2, 0.25) is 5.91 Å². The van der Waals surface area contributed by atoms with Crippen LogP contribution in [0.15, 0.2) is 30.3 Å². The molecule has 4 N–H and O–H groups in total. The van der Waals surface area contributed by atoms with Gasteiger partial charge in [0, 0.05) is 19.1 Å². The Hall–Kier alpha value is -1.39. The molecule has 2 unspecified atom stereocenters. The van der Waals surface area contributed by atoms with E-state index in [1.54, 1.807) is 0 Å². The number of rotatable bonds is 8. The first-order valence-electron chi connectivity index (χ1n) is 6.88. The molecule has 1 amide bonds. The zero-order chi connectivity index (χ0) is 14.1. The third-order valence-corrected chi connectivity index (χ3v) is 3.21. The molecule has 19 heavy (non-hydrogen) atoms. The van der Waals surface area contributed by atoms with Crippen LogP contribution >= 0.6 is 0 Å². The summed E-state index contributed by atoms with van der Waals surface area (Å²) in [5.41, 5.74) is 6.89. The van der Waals surface area contributed by atoms with Gasteiger partial charge >= 0.3 is 0 Å². The van der Waals surface area contributed by atoms with Crippen LogP contribution in [0.2, 0.25) is 0 Å². The number of benzene rings is 1. The highest BCUT2D eigenvalue weighted by atomic mass is 16.3. The minimum atomic E-state index is -0.435. The van der Waals surface area contributed by atoms with E-state index in [1.807, 2.05) is 37.3 Å². The summed E-state index contributed by atoms with van der Waals surface area (Å²) >= 11 is 0. The Morgan fingerprint density at radius 3 is 2.58 bits per heavy atom. The molecule has 1 aromatic carbocycles. The summed E-state index contributed by atoms with van der Waals surface area (Å²) in [7, 11) is 0. The largest absolute Gasteiger partial charge is 0.396 e. The maximum atomic E-state index is 11.8. The lowest BCUT2D eigenvalue weighted by molar-refractivity contribution is -0.122. The van der Waals surface area contributed by atoms with Crippen molar-refractivity contribution in [2.24, 2.45) is 5.73 Å². The molecule has 0 aromatic heterocycles. The van der Waals surface area contributed by atoms with Crippen LogP contribution in [-0.2, 0) is 4.79 Å². The normalized spacial score (nSPS) is 13.8. The second-order valence-electron chi connectivity index (χ2n) is 4.76. The monoisotopic (exact) mass is 264 g/mol. The highest BCUT2D eigenvalue weighted by Gasteiger charge is 2.15. The fraction of sp³-hybridized carbons (Fsp3) is 0.533. The van der Waals surface area contributed by atoms with Crippen LogP contribution in [-0.4, -0.2) is 30.2 Å². The second kappa shape index (κ2) is 8.67. The van der Waals surface area contributed by atoms with Crippen molar-refractivity contribution in [2.45, 2.75) is 38.1 Å². The Kier molecular flexibility index (Phi) is 7.15. The molecule has 4 nitrogen and oxygen atoms in total. The fourth-order valence-electron chi connectivity index (χ4n) is 2.06. The molecule has 0 fully saturated rings. The number of aliphatic hydroxyl groups excluding tert-OH is 1. The number of nitrogens with one attached hydrogen (secondary N) is 1. The number of hydrogen-bond donors (Lipinski definition) is 3. The van der Waals surface area contributed by atoms with Crippen molar-refractivity contribution in [2.75, 3.05) is 13.2 Å². The highest BCUT2D eigenvalue weighted by molar-refractivity contribution is 5.81. The Morgan fingerprint density at radius 1 is 1.32 bits per heavy atom. The molecule has 0 radical (unpaired) electrons. The van der Waals surface area contributed by atoms with Crippen molar-refractivity contribution >= 4 is 5.91 Å². The predicted molar refractivity (Wildman–Crippen MR) is 76.8 cm³/mol. The van der Waals surface area contributed by atoms with E-state index in [1.165, 1.54) is 0 Å². The highest BCUT2D eigenvalue weighted by Crippen LogP contribution is 2.18. The molecule has 2 atom stereocenters. The van der Waals surface area contributed by atoms with Gasteiger partial charge in [-0.1, -0.05) is 43.7 Å². The fourth-order valence-corrected chi connectivity index (χ4v) is 2.06. The lowest BCUT2D eigenvalue weighted by Gasteiger charge is -2.18. The maximum absolute atomic E-state index is 11.8. The van der Waals surface area contributed by atoms with Crippen molar-refractivity contribution in [3.63, 3.8) is 0 Å². The zero-order valence-corrected chi connectivity index (χ0v) is 11.5. The molecule has 4 heteroatoms. The van der Waals surface area contributed by atoms with Gasteiger partial charge < -0.3 is 16.2 Å². The molecule has 0 heterocycles. The summed E-state index contributed by atoms with van der Waals surface area (Å²) in [6.07, 6.45) is 2.22. The topological polar surface area (TPSA) is 75.4 Å². The van der Waals surface area contributed by atoms with Gasteiger partial charge in [0.05, 0.1) is 6.04 Å². The van der Waals surface area contributed by atoms with Crippen molar-refractivity contribution in [1.29, 1.82) is 0 Å². The van der Waals surface area contributed by atoms with E-state index in [9.17, 15) is 4.79 Å². The average molecular weight is 264 g/mol. The minimum absolute atomic E-state index is 0.108. The number of carbonyl (C=O) groups is 1. The van der Waals surface area contributed by atoms with Crippen LogP contribution in [0.1, 0.15) is 37.7 Å². The standard InChI is InChI=1S/C15H24N2O2/c1-2-6-14(16)15(19)17-11-13(9-10-18)12-7-4-3-5-8-12/h3-5,7-8,13-14,18H,2,6,9-11,16H2,1H3,(H,17,19). The number of carbonyl (C=O) groups excluding carboxylic acids is 1. The van der Waals surface area contributed by atoms with Crippen molar-refractivity contribution in [3.8, 4) is 0 Å². The van der Waals surface area contributed by atoms with E-state index in [0.29, 0.717) is 19.4 Å². The van der Waals surface area contributed by atoms with Crippen LogP contribution in [0.4, 0.5) is 0 Å². The Bertz CT molecular complexity index is 368. The van der Waals surface area contributed by atoms with Gasteiger partial charge in [-0.05, 0) is 18.4 Å². The molecule has 1 aromatic rings. The van der Waals surface area contributed by atoms with Gasteiger partial charge in [-0.15, -0.1) is 0 Å². The van der Waals surface area contributed by atoms with E-state index >= 15 is 0 Å². The first-order chi connectivity index (χ1) is 9.19. The number of amides is 1. The number of aliphatic hydroxyl groups is 1. The predicted octanol–water partition coefficient (Wildman–Crippen LogP) is 1.40. The summed E-state index contributed by atoms with van der Waals surface area (Å²) in [4.78, 5) is 11.8. The van der Waals surface area contributed by atoms with Gasteiger partial charge in [-0.2, -0.15) is 0 Å². The van der Waals surface area contributed by atoms with Crippen LogP contribution < -0.4 is 11.1 Å². The lowest BCUT2D eigenvalue weighted by Crippen LogP contribution is -2.42. The smallest absolute Gasteiger partial charge is 0.236 e. The van der Waals surface area contributed by atoms with Gasteiger partial charge in [0.15, 0.2) is 0 Å². The molecule has 0 aliphatic carbocycles. The molecule has 0 aliphatic rings. The molecular formula is C15H24N2O2. The van der Waals surface area contributed by atoms with E-state index in [4.69, 9.17) is 10.8 Å². The van der Waals surface area contributed by atoms with Crippen LogP contribution in [0.5, 0.6) is 0 Å². The number of hydrogen-bond acceptors (Lipinski definition) is 3. The molecule has 0 aliphatic heterocycles. The van der Waals surface area contributed by atoms with Crippen molar-refractivity contribution in [3.05, 3.63) is 35.9 Å². The van der Waals surface area contributed by atoms with Gasteiger partial charge in [0.1, 0.15) is 0 Å². The SMILES string of the molecule is CCCC(N)C(=O)NCC(CCO)c1ccccc1. The van der Waals surface area contributed by atoms with Crippen LogP contribution in [0.25, 0.3) is 0 Å². The Balaban J connectivity index is 2.53. The quantitative estimate of drug-likeness (QED) is 0.664. The van der Waals surface area contributed by atoms with Crippen molar-refractivity contribution in [1.82, 2.24) is 5.32 Å². The number of nitrogens with two attached hydrogens (primary N) is 1. The van der Waals surface area contributed by atoms with Gasteiger partial charge in [-0.3, -0.25) is 4.79 Å². The molecule has 0 saturated carbocycles. The molecule has 0 spiro atoms. The average Bonchev–Trinajstić information content (AvgIpc) is 2.44. The van der Waals surface area contributed by atoms with E-state index in [2.05, 4.69) is 5.32 Å². The summed E-state index contributed by atoms with van der Waals surface area (Å²) in [5, 5.41) is 12.0. The van der Waals surface area contributed by atoms with Crippen LogP contribution in [0.3, 0.4) is 0 Å². The third-order valence-electron chi connectivity index (χ3n) is 3.21. The minimum Gasteiger partial charge on any atom is -0.396 e. The zero-order valence-electron chi connectivity index (χ0n) is 11.5. The molecule has 0 bridgehead atoms. The molecule has 0 saturated heterocycles. The maximum Gasteiger partial charge on any atom is 0.236 e. The van der Waals surface area contributed by atoms with Gasteiger partial charge in [0.25, 0.3) is 0 Å². The molecular weight excluding hydrogens is 240 g/mol. The summed E-state index contributed by atoms with van der Waals surface area (Å²) in [6, 6.07) is 9.47. The lowest BCUT2D eigenvalue weighted by atomic mass is 9.96. The first-order valence-corrected chi connectivity index (χ1v) is 6.88. The summed E-state index contributed by atoms with van der Waals surface area (Å²) in [5.74, 6) is 0.0182. The first kappa shape index (κ1) is 15.7. The Labute approximate surface area is 115 Å². The molecule has 1 rings (SSSR count). The van der Waals surface area contributed by atoms with E-state index < -0.39 is 6.04 Å². The summed E-state index contributed by atoms with van der Waals surface area (Å²) < 4.78 is 0. The van der Waals surface area contributed by atoms with E-state index in [-0.39, 0.29) is 18.4 Å². The second-order valence-corrected chi connectivity index (χ2v) is 4.76. The van der Waals surface area contributed by atoms with Crippen molar-refractivity contribution < 1.29 is 9.90 Å². The van der Waals surface area contributed by atoms with Gasteiger partial charge in [-0.25, -0.2) is 0 Å². The third kappa shape index (κ3) is 5.41. The molecule has 106 valence electrons. The Morgan fingerprint density at radius 2 is 2.00 bits per heavy atom. The summed E-state index contributed by atoms with van der Waals surface area (Å²) in [6.45, 7) is 2.63. The van der Waals surface area contributed by atoms with Crippen LogP contribution in [0, 0.1) is 0 Å². The van der Waals surface area contributed by atoms with E-state index in [0.717, 1.165) is 12.0 Å².